The summed E-state index contributed by atoms with van der Waals surface area (Å²) in [5.74, 6) is 2.13. The SMILES string of the molecule is COc1cc(CCC(=O)N2CCCC(C(C)N)C2)cc(OC)c1. The van der Waals surface area contributed by atoms with Crippen LogP contribution in [-0.2, 0) is 11.2 Å². The van der Waals surface area contributed by atoms with Crippen LogP contribution in [0.25, 0.3) is 0 Å². The van der Waals surface area contributed by atoms with E-state index in [1.807, 2.05) is 30.0 Å². The zero-order chi connectivity index (χ0) is 16.8. The summed E-state index contributed by atoms with van der Waals surface area (Å²) < 4.78 is 10.5. The Hall–Kier alpha value is -1.75. The molecule has 2 rings (SSSR count). The van der Waals surface area contributed by atoms with E-state index in [-0.39, 0.29) is 11.9 Å². The van der Waals surface area contributed by atoms with Crippen LogP contribution in [0, 0.1) is 5.92 Å². The predicted octanol–water partition coefficient (Wildman–Crippen LogP) is 2.22. The fraction of sp³-hybridized carbons (Fsp3) is 0.611. The number of aryl methyl sites for hydroxylation is 1. The lowest BCUT2D eigenvalue weighted by atomic mass is 9.92. The molecule has 128 valence electrons. The molecule has 0 spiro atoms. The lowest BCUT2D eigenvalue weighted by molar-refractivity contribution is -0.133. The minimum absolute atomic E-state index is 0.147. The standard InChI is InChI=1S/C18H28N2O3/c1-13(19)15-5-4-8-20(12-15)18(21)7-6-14-9-16(22-2)11-17(10-14)23-3/h9-11,13,15H,4-8,12,19H2,1-3H3. The van der Waals surface area contributed by atoms with Crippen molar-refractivity contribution in [3.05, 3.63) is 23.8 Å². The van der Waals surface area contributed by atoms with Gasteiger partial charge in [0.05, 0.1) is 14.2 Å². The maximum Gasteiger partial charge on any atom is 0.222 e. The summed E-state index contributed by atoms with van der Waals surface area (Å²) >= 11 is 0. The molecule has 23 heavy (non-hydrogen) atoms. The highest BCUT2D eigenvalue weighted by Crippen LogP contribution is 2.24. The predicted molar refractivity (Wildman–Crippen MR) is 90.8 cm³/mol. The molecule has 1 heterocycles. The average molecular weight is 320 g/mol. The number of piperidine rings is 1. The largest absolute Gasteiger partial charge is 0.497 e. The van der Waals surface area contributed by atoms with Gasteiger partial charge in [-0.1, -0.05) is 0 Å². The molecular formula is C18H28N2O3. The Labute approximate surface area is 138 Å². The number of carbonyl (C=O) groups excluding carboxylic acids is 1. The summed E-state index contributed by atoms with van der Waals surface area (Å²) in [7, 11) is 3.26. The number of hydrogen-bond acceptors (Lipinski definition) is 4. The van der Waals surface area contributed by atoms with Gasteiger partial charge in [0.2, 0.25) is 5.91 Å². The van der Waals surface area contributed by atoms with E-state index in [1.165, 1.54) is 0 Å². The number of ether oxygens (including phenoxy) is 2. The number of hydrogen-bond donors (Lipinski definition) is 1. The Morgan fingerprint density at radius 2 is 1.96 bits per heavy atom. The fourth-order valence-corrected chi connectivity index (χ4v) is 3.09. The van der Waals surface area contributed by atoms with Crippen LogP contribution in [0.4, 0.5) is 0 Å². The molecule has 1 aromatic rings. The van der Waals surface area contributed by atoms with E-state index in [4.69, 9.17) is 15.2 Å². The molecule has 1 fully saturated rings. The first-order chi connectivity index (χ1) is 11.0. The molecule has 0 aromatic heterocycles. The van der Waals surface area contributed by atoms with Gasteiger partial charge >= 0.3 is 0 Å². The van der Waals surface area contributed by atoms with Crippen molar-refractivity contribution in [3.63, 3.8) is 0 Å². The smallest absolute Gasteiger partial charge is 0.222 e. The number of likely N-dealkylation sites (tertiary alicyclic amines) is 1. The zero-order valence-electron chi connectivity index (χ0n) is 14.4. The van der Waals surface area contributed by atoms with Gasteiger partial charge in [-0.3, -0.25) is 4.79 Å². The van der Waals surface area contributed by atoms with Crippen LogP contribution in [0.1, 0.15) is 31.7 Å². The molecule has 2 unspecified atom stereocenters. The van der Waals surface area contributed by atoms with Crippen LogP contribution < -0.4 is 15.2 Å². The first kappa shape index (κ1) is 17.6. The molecular weight excluding hydrogens is 292 g/mol. The Kier molecular flexibility index (Phi) is 6.28. The van der Waals surface area contributed by atoms with Crippen LogP contribution >= 0.6 is 0 Å². The molecule has 1 aliphatic heterocycles. The van der Waals surface area contributed by atoms with Gasteiger partial charge in [-0.25, -0.2) is 0 Å². The van der Waals surface area contributed by atoms with E-state index in [0.717, 1.165) is 43.0 Å². The minimum atomic E-state index is 0.147. The van der Waals surface area contributed by atoms with Gasteiger partial charge in [-0.05, 0) is 49.8 Å². The number of nitrogens with zero attached hydrogens (tertiary/aromatic N) is 1. The van der Waals surface area contributed by atoms with Crippen molar-refractivity contribution < 1.29 is 14.3 Å². The normalized spacial score (nSPS) is 19.3. The van der Waals surface area contributed by atoms with E-state index in [9.17, 15) is 4.79 Å². The Balaban J connectivity index is 1.93. The molecule has 0 radical (unpaired) electrons. The number of carbonyl (C=O) groups is 1. The highest BCUT2D eigenvalue weighted by atomic mass is 16.5. The second-order valence-corrected chi connectivity index (χ2v) is 6.32. The third-order valence-corrected chi connectivity index (χ3v) is 4.59. The highest BCUT2D eigenvalue weighted by Gasteiger charge is 2.25. The number of amides is 1. The fourth-order valence-electron chi connectivity index (χ4n) is 3.09. The lowest BCUT2D eigenvalue weighted by Gasteiger charge is -2.34. The maximum atomic E-state index is 12.5. The van der Waals surface area contributed by atoms with Crippen LogP contribution in [-0.4, -0.2) is 44.2 Å². The third kappa shape index (κ3) is 4.86. The number of benzene rings is 1. The molecule has 0 bridgehead atoms. The van der Waals surface area contributed by atoms with Crippen LogP contribution in [0.5, 0.6) is 11.5 Å². The van der Waals surface area contributed by atoms with E-state index < -0.39 is 0 Å². The summed E-state index contributed by atoms with van der Waals surface area (Å²) in [4.78, 5) is 14.4. The lowest BCUT2D eigenvalue weighted by Crippen LogP contribution is -2.45. The number of rotatable bonds is 6. The molecule has 2 atom stereocenters. The van der Waals surface area contributed by atoms with Gasteiger partial charge in [0, 0.05) is 31.6 Å². The molecule has 0 saturated carbocycles. The van der Waals surface area contributed by atoms with Crippen molar-refractivity contribution in [2.45, 2.75) is 38.6 Å². The third-order valence-electron chi connectivity index (χ3n) is 4.59. The Morgan fingerprint density at radius 3 is 2.52 bits per heavy atom. The van der Waals surface area contributed by atoms with E-state index >= 15 is 0 Å². The van der Waals surface area contributed by atoms with Gasteiger partial charge < -0.3 is 20.1 Å². The first-order valence-corrected chi connectivity index (χ1v) is 8.28. The second-order valence-electron chi connectivity index (χ2n) is 6.32. The summed E-state index contributed by atoms with van der Waals surface area (Å²) in [6.07, 6.45) is 3.35. The van der Waals surface area contributed by atoms with Crippen molar-refractivity contribution in [1.29, 1.82) is 0 Å². The summed E-state index contributed by atoms with van der Waals surface area (Å²) in [6, 6.07) is 5.89. The molecule has 5 nitrogen and oxygen atoms in total. The van der Waals surface area contributed by atoms with E-state index in [0.29, 0.717) is 18.8 Å². The summed E-state index contributed by atoms with van der Waals surface area (Å²) in [5.41, 5.74) is 7.04. The summed E-state index contributed by atoms with van der Waals surface area (Å²) in [6.45, 7) is 3.67. The van der Waals surface area contributed by atoms with E-state index in [2.05, 4.69) is 0 Å². The van der Waals surface area contributed by atoms with Crippen molar-refractivity contribution in [1.82, 2.24) is 4.90 Å². The van der Waals surface area contributed by atoms with Gasteiger partial charge in [-0.2, -0.15) is 0 Å². The minimum Gasteiger partial charge on any atom is -0.497 e. The first-order valence-electron chi connectivity index (χ1n) is 8.28. The second kappa shape index (κ2) is 8.20. The molecule has 0 aliphatic carbocycles. The maximum absolute atomic E-state index is 12.5. The topological polar surface area (TPSA) is 64.8 Å². The van der Waals surface area contributed by atoms with Crippen molar-refractivity contribution in [2.24, 2.45) is 11.7 Å². The number of nitrogens with two attached hydrogens (primary N) is 1. The Bertz CT molecular complexity index is 509. The van der Waals surface area contributed by atoms with Gasteiger partial charge in [0.1, 0.15) is 11.5 Å². The van der Waals surface area contributed by atoms with Crippen LogP contribution in [0.15, 0.2) is 18.2 Å². The highest BCUT2D eigenvalue weighted by molar-refractivity contribution is 5.76. The quantitative estimate of drug-likeness (QED) is 0.873. The van der Waals surface area contributed by atoms with E-state index in [1.54, 1.807) is 14.2 Å². The monoisotopic (exact) mass is 320 g/mol. The van der Waals surface area contributed by atoms with Crippen molar-refractivity contribution in [3.8, 4) is 11.5 Å². The molecule has 1 aliphatic rings. The van der Waals surface area contributed by atoms with Gasteiger partial charge in [0.25, 0.3) is 0 Å². The van der Waals surface area contributed by atoms with Crippen molar-refractivity contribution >= 4 is 5.91 Å². The Morgan fingerprint density at radius 1 is 1.30 bits per heavy atom. The molecule has 1 amide bonds. The van der Waals surface area contributed by atoms with Gasteiger partial charge in [0.15, 0.2) is 0 Å². The molecule has 5 heteroatoms. The van der Waals surface area contributed by atoms with Crippen molar-refractivity contribution in [2.75, 3.05) is 27.3 Å². The van der Waals surface area contributed by atoms with Crippen LogP contribution in [0.2, 0.25) is 0 Å². The zero-order valence-corrected chi connectivity index (χ0v) is 14.4. The van der Waals surface area contributed by atoms with Gasteiger partial charge in [-0.15, -0.1) is 0 Å². The number of methoxy groups -OCH3 is 2. The summed E-state index contributed by atoms with van der Waals surface area (Å²) in [5, 5.41) is 0. The average Bonchev–Trinajstić information content (AvgIpc) is 2.59. The molecule has 2 N–H and O–H groups in total. The molecule has 1 saturated heterocycles. The van der Waals surface area contributed by atoms with Crippen LogP contribution in [0.3, 0.4) is 0 Å². The molecule has 1 aromatic carbocycles.